The molecule has 3 rings (SSSR count). The Hall–Kier alpha value is -2.03. The van der Waals surface area contributed by atoms with Crippen molar-refractivity contribution in [2.24, 2.45) is 0 Å². The van der Waals surface area contributed by atoms with Gasteiger partial charge in [0.05, 0.1) is 9.77 Å². The fraction of sp³-hybridized carbons (Fsp3) is 0.250. The first-order chi connectivity index (χ1) is 11.6. The summed E-state index contributed by atoms with van der Waals surface area (Å²) >= 11 is 1.52. The quantitative estimate of drug-likeness (QED) is 0.698. The van der Waals surface area contributed by atoms with Gasteiger partial charge in [-0.05, 0) is 35.6 Å². The van der Waals surface area contributed by atoms with Gasteiger partial charge in [-0.3, -0.25) is 0 Å². The molecule has 1 N–H and O–H groups in total. The molecule has 8 heteroatoms. The average molecular weight is 363 g/mol. The first-order valence-corrected chi connectivity index (χ1v) is 9.90. The molecule has 0 atom stereocenters. The molecule has 0 radical (unpaired) electrons. The van der Waals surface area contributed by atoms with Gasteiger partial charge in [0.15, 0.2) is 0 Å². The molecular formula is C16H17N3O3S2. The lowest BCUT2D eigenvalue weighted by molar-refractivity contribution is 0.379. The second-order valence-corrected chi connectivity index (χ2v) is 7.85. The molecule has 2 heterocycles. The van der Waals surface area contributed by atoms with E-state index in [0.29, 0.717) is 18.1 Å². The van der Waals surface area contributed by atoms with Gasteiger partial charge in [-0.15, -0.1) is 11.3 Å². The number of hydrogen-bond acceptors (Lipinski definition) is 6. The van der Waals surface area contributed by atoms with Gasteiger partial charge in [-0.2, -0.15) is 4.98 Å². The van der Waals surface area contributed by atoms with E-state index in [-0.39, 0.29) is 11.4 Å². The van der Waals surface area contributed by atoms with Gasteiger partial charge in [0.2, 0.25) is 21.7 Å². The van der Waals surface area contributed by atoms with Crippen LogP contribution in [-0.2, 0) is 22.9 Å². The molecular weight excluding hydrogens is 346 g/mol. The topological polar surface area (TPSA) is 85.1 Å². The van der Waals surface area contributed by atoms with Gasteiger partial charge < -0.3 is 4.52 Å². The highest BCUT2D eigenvalue weighted by molar-refractivity contribution is 7.89. The Morgan fingerprint density at radius 2 is 2.00 bits per heavy atom. The lowest BCUT2D eigenvalue weighted by atomic mass is 10.2. The fourth-order valence-corrected chi connectivity index (χ4v) is 3.82. The number of benzene rings is 1. The third-order valence-electron chi connectivity index (χ3n) is 3.48. The Morgan fingerprint density at radius 3 is 2.67 bits per heavy atom. The number of rotatable bonds is 7. The fourth-order valence-electron chi connectivity index (χ4n) is 2.14. The van der Waals surface area contributed by atoms with Crippen molar-refractivity contribution < 1.29 is 12.9 Å². The van der Waals surface area contributed by atoms with Crippen molar-refractivity contribution in [2.45, 2.75) is 24.7 Å². The summed E-state index contributed by atoms with van der Waals surface area (Å²) in [6.45, 7) is 2.22. The zero-order chi connectivity index (χ0) is 17.0. The molecule has 3 aromatic rings. The van der Waals surface area contributed by atoms with Gasteiger partial charge in [0.25, 0.3) is 0 Å². The first kappa shape index (κ1) is 16.8. The first-order valence-electron chi connectivity index (χ1n) is 7.53. The Kier molecular flexibility index (Phi) is 5.08. The number of nitrogens with one attached hydrogen (secondary N) is 1. The second-order valence-electron chi connectivity index (χ2n) is 5.13. The SMILES string of the molecule is CCc1ccc(S(=O)(=O)NCCc2nc(-c3cccs3)no2)cc1. The maximum atomic E-state index is 12.2. The molecule has 0 saturated carbocycles. The van der Waals surface area contributed by atoms with E-state index in [4.69, 9.17) is 4.52 Å². The third kappa shape index (κ3) is 3.89. The van der Waals surface area contributed by atoms with Crippen LogP contribution in [-0.4, -0.2) is 25.1 Å². The summed E-state index contributed by atoms with van der Waals surface area (Å²) in [6.07, 6.45) is 1.21. The van der Waals surface area contributed by atoms with Crippen LogP contribution in [0, 0.1) is 0 Å². The van der Waals surface area contributed by atoms with Crippen LogP contribution in [0.2, 0.25) is 0 Å². The third-order valence-corrected chi connectivity index (χ3v) is 5.83. The minimum absolute atomic E-state index is 0.198. The van der Waals surface area contributed by atoms with E-state index in [1.165, 1.54) is 11.3 Å². The van der Waals surface area contributed by atoms with Crippen LogP contribution in [0.3, 0.4) is 0 Å². The van der Waals surface area contributed by atoms with Gasteiger partial charge in [-0.25, -0.2) is 13.1 Å². The lowest BCUT2D eigenvalue weighted by Gasteiger charge is -2.06. The van der Waals surface area contributed by atoms with E-state index >= 15 is 0 Å². The number of thiophene rings is 1. The summed E-state index contributed by atoms with van der Waals surface area (Å²) in [6, 6.07) is 10.7. The number of aromatic nitrogens is 2. The van der Waals surface area contributed by atoms with Crippen LogP contribution < -0.4 is 4.72 Å². The van der Waals surface area contributed by atoms with Crippen molar-refractivity contribution in [2.75, 3.05) is 6.54 Å². The predicted molar refractivity (Wildman–Crippen MR) is 92.3 cm³/mol. The van der Waals surface area contributed by atoms with Crippen LogP contribution in [0.25, 0.3) is 10.7 Å². The maximum absolute atomic E-state index is 12.2. The minimum Gasteiger partial charge on any atom is -0.339 e. The molecule has 126 valence electrons. The molecule has 0 unspecified atom stereocenters. The summed E-state index contributed by atoms with van der Waals surface area (Å²) in [5, 5.41) is 5.83. The summed E-state index contributed by atoms with van der Waals surface area (Å²) in [5.74, 6) is 0.931. The van der Waals surface area contributed by atoms with Crippen molar-refractivity contribution in [1.29, 1.82) is 0 Å². The number of hydrogen-bond donors (Lipinski definition) is 1. The second kappa shape index (κ2) is 7.25. The molecule has 2 aromatic heterocycles. The molecule has 0 amide bonds. The van der Waals surface area contributed by atoms with Crippen LogP contribution in [0.1, 0.15) is 18.4 Å². The highest BCUT2D eigenvalue weighted by atomic mass is 32.2. The molecule has 0 fully saturated rings. The number of sulfonamides is 1. The molecule has 6 nitrogen and oxygen atoms in total. The molecule has 24 heavy (non-hydrogen) atoms. The van der Waals surface area contributed by atoms with Crippen LogP contribution >= 0.6 is 11.3 Å². The monoisotopic (exact) mass is 363 g/mol. The molecule has 0 spiro atoms. The van der Waals surface area contributed by atoms with Gasteiger partial charge in [0.1, 0.15) is 0 Å². The van der Waals surface area contributed by atoms with Gasteiger partial charge in [-0.1, -0.05) is 30.3 Å². The maximum Gasteiger partial charge on any atom is 0.240 e. The minimum atomic E-state index is -3.53. The van der Waals surface area contributed by atoms with Crippen LogP contribution in [0.4, 0.5) is 0 Å². The Bertz CT molecular complexity index is 885. The van der Waals surface area contributed by atoms with Crippen molar-refractivity contribution in [3.05, 3.63) is 53.2 Å². The largest absolute Gasteiger partial charge is 0.339 e. The summed E-state index contributed by atoms with van der Waals surface area (Å²) in [4.78, 5) is 5.44. The van der Waals surface area contributed by atoms with Crippen molar-refractivity contribution in [3.8, 4) is 10.7 Å². The molecule has 0 bridgehead atoms. The van der Waals surface area contributed by atoms with Gasteiger partial charge in [0, 0.05) is 13.0 Å². The molecule has 1 aromatic carbocycles. The Balaban J connectivity index is 1.59. The van der Waals surface area contributed by atoms with E-state index in [1.807, 2.05) is 36.6 Å². The standard InChI is InChI=1S/C16H17N3O3S2/c1-2-12-5-7-13(8-6-12)24(20,21)17-10-9-15-18-16(19-22-15)14-4-3-11-23-14/h3-8,11,17H,2,9-10H2,1H3. The van der Waals surface area contributed by atoms with E-state index in [9.17, 15) is 8.42 Å². The van der Waals surface area contributed by atoms with Crippen molar-refractivity contribution in [3.63, 3.8) is 0 Å². The zero-order valence-corrected chi connectivity index (χ0v) is 14.7. The van der Waals surface area contributed by atoms with E-state index in [0.717, 1.165) is 16.9 Å². The number of aryl methyl sites for hydroxylation is 1. The van der Waals surface area contributed by atoms with Crippen molar-refractivity contribution >= 4 is 21.4 Å². The molecule has 0 aliphatic heterocycles. The van der Waals surface area contributed by atoms with E-state index < -0.39 is 10.0 Å². The molecule has 0 saturated heterocycles. The van der Waals surface area contributed by atoms with Gasteiger partial charge >= 0.3 is 0 Å². The van der Waals surface area contributed by atoms with E-state index in [1.54, 1.807) is 12.1 Å². The van der Waals surface area contributed by atoms with Crippen LogP contribution in [0.5, 0.6) is 0 Å². The summed E-state index contributed by atoms with van der Waals surface area (Å²) in [5.41, 5.74) is 1.10. The average Bonchev–Trinajstić information content (AvgIpc) is 3.26. The number of nitrogens with zero attached hydrogens (tertiary/aromatic N) is 2. The normalized spacial score (nSPS) is 11.7. The highest BCUT2D eigenvalue weighted by Crippen LogP contribution is 2.21. The zero-order valence-electron chi connectivity index (χ0n) is 13.1. The van der Waals surface area contributed by atoms with Crippen molar-refractivity contribution in [1.82, 2.24) is 14.9 Å². The van der Waals surface area contributed by atoms with Crippen LogP contribution in [0.15, 0.2) is 51.2 Å². The highest BCUT2D eigenvalue weighted by Gasteiger charge is 2.15. The molecule has 0 aliphatic carbocycles. The lowest BCUT2D eigenvalue weighted by Crippen LogP contribution is -2.26. The summed E-state index contributed by atoms with van der Waals surface area (Å²) in [7, 11) is -3.53. The Labute approximate surface area is 144 Å². The molecule has 0 aliphatic rings. The Morgan fingerprint density at radius 1 is 1.21 bits per heavy atom. The summed E-state index contributed by atoms with van der Waals surface area (Å²) < 4.78 is 32.2. The smallest absolute Gasteiger partial charge is 0.240 e. The van der Waals surface area contributed by atoms with E-state index in [2.05, 4.69) is 14.9 Å². The predicted octanol–water partition coefficient (Wildman–Crippen LogP) is 2.88.